The predicted octanol–water partition coefficient (Wildman–Crippen LogP) is 2.54. The lowest BCUT2D eigenvalue weighted by atomic mass is 10.2. The van der Waals surface area contributed by atoms with Crippen molar-refractivity contribution >= 4 is 0 Å². The molecule has 0 radical (unpaired) electrons. The maximum Gasteiger partial charge on any atom is 0.166 e. The maximum atomic E-state index is 13.5. The van der Waals surface area contributed by atoms with Crippen molar-refractivity contribution in [3.05, 3.63) is 47.6 Å². The number of nitrogens with one attached hydrogen (secondary N) is 1. The number of hydrogen-bond acceptors (Lipinski definition) is 3. The maximum absolute atomic E-state index is 13.5. The molecule has 1 aromatic carbocycles. The lowest BCUT2D eigenvalue weighted by molar-refractivity contribution is 0.0443. The minimum atomic E-state index is -0.438. The van der Waals surface area contributed by atoms with Crippen LogP contribution in [0.3, 0.4) is 0 Å². The summed E-state index contributed by atoms with van der Waals surface area (Å²) in [5.74, 6) is 0.145. The number of ether oxygens (including phenoxy) is 1. The first kappa shape index (κ1) is 12.5. The fourth-order valence-corrected chi connectivity index (χ4v) is 1.07. The van der Waals surface area contributed by atoms with E-state index in [9.17, 15) is 4.39 Å². The van der Waals surface area contributed by atoms with E-state index in [1.807, 2.05) is 0 Å². The van der Waals surface area contributed by atoms with Gasteiger partial charge in [0.2, 0.25) is 0 Å². The molecule has 0 bridgehead atoms. The number of rotatable bonds is 5. The smallest absolute Gasteiger partial charge is 0.166 e. The Morgan fingerprint density at radius 2 is 2.31 bits per heavy atom. The second-order valence-corrected chi connectivity index (χ2v) is 3.09. The molecule has 0 fully saturated rings. The van der Waals surface area contributed by atoms with Crippen molar-refractivity contribution in [3.8, 4) is 5.75 Å². The van der Waals surface area contributed by atoms with Gasteiger partial charge in [-0.1, -0.05) is 18.4 Å². The largest absolute Gasteiger partial charge is 0.451 e. The van der Waals surface area contributed by atoms with Crippen LogP contribution in [0.5, 0.6) is 5.75 Å². The Morgan fingerprint density at radius 3 is 2.88 bits per heavy atom. The van der Waals surface area contributed by atoms with E-state index in [1.165, 1.54) is 6.07 Å². The van der Waals surface area contributed by atoms with E-state index in [1.54, 1.807) is 26.1 Å². The molecule has 0 saturated heterocycles. The first-order valence-corrected chi connectivity index (χ1v) is 4.79. The van der Waals surface area contributed by atoms with Gasteiger partial charge in [0, 0.05) is 14.0 Å². The van der Waals surface area contributed by atoms with Gasteiger partial charge >= 0.3 is 0 Å². The third-order valence-electron chi connectivity index (χ3n) is 1.89. The summed E-state index contributed by atoms with van der Waals surface area (Å²) in [5.41, 5.74) is 5.77. The minimum Gasteiger partial charge on any atom is -0.451 e. The van der Waals surface area contributed by atoms with Crippen LogP contribution in [0, 0.1) is 5.82 Å². The van der Waals surface area contributed by atoms with Crippen LogP contribution < -0.4 is 10.2 Å². The Kier molecular flexibility index (Phi) is 4.73. The normalized spacial score (nSPS) is 9.69. The van der Waals surface area contributed by atoms with Gasteiger partial charge in [0.05, 0.1) is 6.61 Å². The van der Waals surface area contributed by atoms with E-state index in [4.69, 9.17) is 9.57 Å². The van der Waals surface area contributed by atoms with Crippen LogP contribution in [0.1, 0.15) is 12.5 Å². The fraction of sp³-hybridized carbons (Fsp3) is 0.250. The van der Waals surface area contributed by atoms with E-state index < -0.39 is 5.82 Å². The summed E-state index contributed by atoms with van der Waals surface area (Å²) in [6.07, 6.45) is 0. The van der Waals surface area contributed by atoms with Gasteiger partial charge in [0.15, 0.2) is 11.6 Å². The van der Waals surface area contributed by atoms with Crippen molar-refractivity contribution < 1.29 is 14.0 Å². The summed E-state index contributed by atoms with van der Waals surface area (Å²) in [4.78, 5) is 4.93. The molecule has 0 aliphatic heterocycles. The summed E-state index contributed by atoms with van der Waals surface area (Å²) in [6, 6.07) is 4.64. The molecule has 0 unspecified atom stereocenters. The van der Waals surface area contributed by atoms with Gasteiger partial charge in [0.25, 0.3) is 0 Å². The topological polar surface area (TPSA) is 30.5 Å². The number of hydroxylamine groups is 1. The van der Waals surface area contributed by atoms with Gasteiger partial charge in [-0.15, -0.1) is 0 Å². The molecule has 1 N–H and O–H groups in total. The number of halogens is 1. The Bertz CT molecular complexity index is 411. The van der Waals surface area contributed by atoms with Crippen molar-refractivity contribution in [1.29, 1.82) is 0 Å². The Hall–Kier alpha value is -1.61. The molecule has 0 heterocycles. The molecule has 1 rings (SSSR count). The van der Waals surface area contributed by atoms with Crippen molar-refractivity contribution in [2.75, 3.05) is 7.05 Å². The van der Waals surface area contributed by atoms with E-state index in [0.717, 1.165) is 5.56 Å². The molecule has 3 nitrogen and oxygen atoms in total. The minimum absolute atomic E-state index is 0.154. The molecule has 86 valence electrons. The van der Waals surface area contributed by atoms with Crippen molar-refractivity contribution in [3.63, 3.8) is 0 Å². The quantitative estimate of drug-likeness (QED) is 0.472. The van der Waals surface area contributed by atoms with Gasteiger partial charge in [0.1, 0.15) is 5.76 Å². The highest BCUT2D eigenvalue weighted by Crippen LogP contribution is 2.20. The standard InChI is InChI=1S/C12H14FNO2/c1-4-9(2)16-12-6-5-10(7-11(12)13)8-15-14-3/h5-7,14H,1,8H2,2-3H3. The second kappa shape index (κ2) is 6.08. The third-order valence-corrected chi connectivity index (χ3v) is 1.89. The molecule has 0 atom stereocenters. The van der Waals surface area contributed by atoms with E-state index in [0.29, 0.717) is 12.4 Å². The molecule has 0 spiro atoms. The molecule has 0 aromatic heterocycles. The van der Waals surface area contributed by atoms with Crippen LogP contribution in [0.2, 0.25) is 0 Å². The highest BCUT2D eigenvalue weighted by atomic mass is 19.1. The first-order chi connectivity index (χ1) is 7.67. The summed E-state index contributed by atoms with van der Waals surface area (Å²) >= 11 is 0. The number of benzene rings is 1. The van der Waals surface area contributed by atoms with E-state index in [-0.39, 0.29) is 5.75 Å². The van der Waals surface area contributed by atoms with Crippen LogP contribution in [-0.2, 0) is 11.4 Å². The molecular weight excluding hydrogens is 209 g/mol. The van der Waals surface area contributed by atoms with E-state index >= 15 is 0 Å². The SMILES string of the molecule is C=C=C(C)Oc1ccc(CONC)cc1F. The number of hydrogen-bond donors (Lipinski definition) is 1. The summed E-state index contributed by atoms with van der Waals surface area (Å²) in [7, 11) is 1.64. The van der Waals surface area contributed by atoms with Gasteiger partial charge in [-0.05, 0) is 17.7 Å². The number of allylic oxidation sites excluding steroid dienone is 1. The van der Waals surface area contributed by atoms with Gasteiger partial charge in [-0.2, -0.15) is 0 Å². The third kappa shape index (κ3) is 3.51. The first-order valence-electron chi connectivity index (χ1n) is 4.79. The zero-order valence-corrected chi connectivity index (χ0v) is 9.34. The van der Waals surface area contributed by atoms with Crippen LogP contribution in [-0.4, -0.2) is 7.05 Å². The highest BCUT2D eigenvalue weighted by molar-refractivity contribution is 5.30. The summed E-state index contributed by atoms with van der Waals surface area (Å²) in [5, 5.41) is 0. The fourth-order valence-electron chi connectivity index (χ4n) is 1.07. The van der Waals surface area contributed by atoms with Gasteiger partial charge in [-0.3, -0.25) is 4.84 Å². The molecular formula is C12H14FNO2. The average molecular weight is 223 g/mol. The Labute approximate surface area is 94.1 Å². The molecule has 0 aliphatic carbocycles. The predicted molar refractivity (Wildman–Crippen MR) is 59.2 cm³/mol. The summed E-state index contributed by atoms with van der Waals surface area (Å²) in [6.45, 7) is 5.36. The van der Waals surface area contributed by atoms with Crippen LogP contribution in [0.25, 0.3) is 0 Å². The van der Waals surface area contributed by atoms with Crippen molar-refractivity contribution in [1.82, 2.24) is 5.48 Å². The zero-order chi connectivity index (χ0) is 12.0. The Morgan fingerprint density at radius 1 is 1.56 bits per heavy atom. The Balaban J connectivity index is 2.79. The molecule has 0 amide bonds. The summed E-state index contributed by atoms with van der Waals surface area (Å²) < 4.78 is 18.7. The lowest BCUT2D eigenvalue weighted by Gasteiger charge is -2.07. The molecule has 4 heteroatoms. The molecule has 0 aliphatic rings. The highest BCUT2D eigenvalue weighted by Gasteiger charge is 2.05. The molecule has 16 heavy (non-hydrogen) atoms. The average Bonchev–Trinajstić information content (AvgIpc) is 2.29. The lowest BCUT2D eigenvalue weighted by Crippen LogP contribution is -2.07. The van der Waals surface area contributed by atoms with Gasteiger partial charge < -0.3 is 4.74 Å². The monoisotopic (exact) mass is 223 g/mol. The van der Waals surface area contributed by atoms with Crippen LogP contribution >= 0.6 is 0 Å². The van der Waals surface area contributed by atoms with E-state index in [2.05, 4.69) is 17.8 Å². The molecule has 1 aromatic rings. The second-order valence-electron chi connectivity index (χ2n) is 3.09. The van der Waals surface area contributed by atoms with Gasteiger partial charge in [-0.25, -0.2) is 9.87 Å². The molecule has 0 saturated carbocycles. The zero-order valence-electron chi connectivity index (χ0n) is 9.34. The van der Waals surface area contributed by atoms with Crippen LogP contribution in [0.15, 0.2) is 36.3 Å². The van der Waals surface area contributed by atoms with Crippen molar-refractivity contribution in [2.45, 2.75) is 13.5 Å². The van der Waals surface area contributed by atoms with Crippen molar-refractivity contribution in [2.24, 2.45) is 0 Å². The van der Waals surface area contributed by atoms with Crippen LogP contribution in [0.4, 0.5) is 4.39 Å².